The van der Waals surface area contributed by atoms with Gasteiger partial charge in [-0.3, -0.25) is 9.69 Å². The second kappa shape index (κ2) is 4.70. The number of halogens is 1. The number of carbonyl (C=O) groups excluding carboxylic acids is 2. The molecule has 3 rings (SSSR count). The number of para-hydroxylation sites is 1. The number of hydrogen-bond acceptors (Lipinski definition) is 3. The molecule has 0 unspecified atom stereocenters. The molecule has 0 atom stereocenters. The highest BCUT2D eigenvalue weighted by Gasteiger charge is 2.44. The summed E-state index contributed by atoms with van der Waals surface area (Å²) in [5.41, 5.74) is 0.550. The molecule has 0 radical (unpaired) electrons. The first-order valence-electron chi connectivity index (χ1n) is 6.57. The number of aromatic nitrogens is 1. The van der Waals surface area contributed by atoms with E-state index >= 15 is 0 Å². The van der Waals surface area contributed by atoms with Crippen molar-refractivity contribution >= 4 is 34.4 Å². The van der Waals surface area contributed by atoms with E-state index in [4.69, 9.17) is 11.6 Å². The van der Waals surface area contributed by atoms with Gasteiger partial charge in [-0.2, -0.15) is 0 Å². The van der Waals surface area contributed by atoms with E-state index in [1.54, 1.807) is 13.8 Å². The van der Waals surface area contributed by atoms with Gasteiger partial charge in [0.15, 0.2) is 0 Å². The van der Waals surface area contributed by atoms with Crippen LogP contribution in [-0.2, 0) is 11.3 Å². The van der Waals surface area contributed by atoms with Crippen molar-refractivity contribution in [3.63, 3.8) is 0 Å². The molecule has 3 amide bonds. The van der Waals surface area contributed by atoms with Crippen molar-refractivity contribution in [1.29, 1.82) is 0 Å². The molecule has 1 aliphatic heterocycles. The summed E-state index contributed by atoms with van der Waals surface area (Å²) < 4.78 is 0. The van der Waals surface area contributed by atoms with E-state index in [1.165, 1.54) is 0 Å². The van der Waals surface area contributed by atoms with Crippen molar-refractivity contribution in [3.05, 3.63) is 41.0 Å². The Morgan fingerprint density at radius 3 is 2.67 bits per heavy atom. The van der Waals surface area contributed by atoms with Gasteiger partial charge in [-0.25, -0.2) is 9.78 Å². The zero-order chi connectivity index (χ0) is 15.2. The first-order valence-corrected chi connectivity index (χ1v) is 6.94. The monoisotopic (exact) mass is 303 g/mol. The normalized spacial score (nSPS) is 17.4. The Bertz CT molecular complexity index is 758. The van der Waals surface area contributed by atoms with Crippen LogP contribution in [0.3, 0.4) is 0 Å². The Hall–Kier alpha value is -2.14. The lowest BCUT2D eigenvalue weighted by atomic mass is 10.1. The van der Waals surface area contributed by atoms with E-state index in [2.05, 4.69) is 10.3 Å². The van der Waals surface area contributed by atoms with E-state index in [1.807, 2.05) is 30.3 Å². The molecular weight excluding hydrogens is 290 g/mol. The smallest absolute Gasteiger partial charge is 0.324 e. The highest BCUT2D eigenvalue weighted by molar-refractivity contribution is 6.30. The number of nitrogens with zero attached hydrogens (tertiary/aromatic N) is 2. The van der Waals surface area contributed by atoms with Crippen LogP contribution in [0.2, 0.25) is 5.15 Å². The van der Waals surface area contributed by atoms with Crippen molar-refractivity contribution in [2.75, 3.05) is 0 Å². The molecule has 5 nitrogen and oxygen atoms in total. The van der Waals surface area contributed by atoms with Crippen LogP contribution in [0.25, 0.3) is 10.9 Å². The van der Waals surface area contributed by atoms with E-state index in [0.717, 1.165) is 15.8 Å². The van der Waals surface area contributed by atoms with E-state index < -0.39 is 11.6 Å². The predicted octanol–water partition coefficient (Wildman–Crippen LogP) is 2.72. The third-order valence-electron chi connectivity index (χ3n) is 3.52. The van der Waals surface area contributed by atoms with Gasteiger partial charge in [-0.1, -0.05) is 29.8 Å². The maximum absolute atomic E-state index is 12.2. The number of benzene rings is 1. The molecule has 2 aromatic rings. The summed E-state index contributed by atoms with van der Waals surface area (Å²) in [6, 6.07) is 9.01. The molecule has 0 aliphatic carbocycles. The Morgan fingerprint density at radius 2 is 2.00 bits per heavy atom. The van der Waals surface area contributed by atoms with Gasteiger partial charge in [0, 0.05) is 10.9 Å². The highest BCUT2D eigenvalue weighted by atomic mass is 35.5. The second-order valence-corrected chi connectivity index (χ2v) is 5.94. The van der Waals surface area contributed by atoms with Crippen LogP contribution in [0, 0.1) is 0 Å². The summed E-state index contributed by atoms with van der Waals surface area (Å²) in [6.07, 6.45) is 0. The number of rotatable bonds is 2. The molecule has 108 valence electrons. The lowest BCUT2D eigenvalue weighted by Crippen LogP contribution is -2.40. The quantitative estimate of drug-likeness (QED) is 0.685. The van der Waals surface area contributed by atoms with Crippen LogP contribution in [-0.4, -0.2) is 27.4 Å². The van der Waals surface area contributed by atoms with Gasteiger partial charge in [0.2, 0.25) is 0 Å². The number of fused-ring (bicyclic) bond motifs is 1. The van der Waals surface area contributed by atoms with Crippen molar-refractivity contribution in [1.82, 2.24) is 15.2 Å². The second-order valence-electron chi connectivity index (χ2n) is 5.58. The minimum atomic E-state index is -0.881. The largest absolute Gasteiger partial charge is 0.325 e. The fourth-order valence-corrected chi connectivity index (χ4v) is 2.58. The number of hydrogen-bond donors (Lipinski definition) is 1. The Labute approximate surface area is 126 Å². The average molecular weight is 304 g/mol. The van der Waals surface area contributed by atoms with Crippen molar-refractivity contribution in [3.8, 4) is 0 Å². The SMILES string of the molecule is CC1(C)NC(=O)N(Cc2cc3ccccc3nc2Cl)C1=O. The van der Waals surface area contributed by atoms with Crippen LogP contribution in [0.5, 0.6) is 0 Å². The Morgan fingerprint density at radius 1 is 1.29 bits per heavy atom. The first kappa shape index (κ1) is 13.8. The van der Waals surface area contributed by atoms with Gasteiger partial charge in [0.25, 0.3) is 5.91 Å². The van der Waals surface area contributed by atoms with E-state index in [9.17, 15) is 9.59 Å². The van der Waals surface area contributed by atoms with Gasteiger partial charge in [-0.15, -0.1) is 0 Å². The molecule has 0 spiro atoms. The van der Waals surface area contributed by atoms with Gasteiger partial charge in [0.1, 0.15) is 10.7 Å². The maximum Gasteiger partial charge on any atom is 0.325 e. The zero-order valence-corrected chi connectivity index (χ0v) is 12.4. The number of carbonyl (C=O) groups is 2. The van der Waals surface area contributed by atoms with Crippen LogP contribution < -0.4 is 5.32 Å². The fraction of sp³-hybridized carbons (Fsp3) is 0.267. The molecule has 1 aromatic heterocycles. The molecule has 1 aliphatic rings. The predicted molar refractivity (Wildman–Crippen MR) is 79.9 cm³/mol. The molecule has 1 saturated heterocycles. The number of urea groups is 1. The lowest BCUT2D eigenvalue weighted by molar-refractivity contribution is -0.130. The maximum atomic E-state index is 12.2. The van der Waals surface area contributed by atoms with Gasteiger partial charge in [0.05, 0.1) is 12.1 Å². The molecule has 1 aromatic carbocycles. The summed E-state index contributed by atoms with van der Waals surface area (Å²) in [7, 11) is 0. The lowest BCUT2D eigenvalue weighted by Gasteiger charge is -2.16. The number of imide groups is 1. The number of amides is 3. The molecule has 21 heavy (non-hydrogen) atoms. The van der Waals surface area contributed by atoms with Crippen molar-refractivity contribution in [2.45, 2.75) is 25.9 Å². The standard InChI is InChI=1S/C15H14ClN3O2/c1-15(2)13(20)19(14(21)18-15)8-10-7-9-5-3-4-6-11(9)17-12(10)16/h3-7H,8H2,1-2H3,(H,18,21). The first-order chi connectivity index (χ1) is 9.88. The Balaban J connectivity index is 1.97. The summed E-state index contributed by atoms with van der Waals surface area (Å²) >= 11 is 6.17. The molecule has 2 heterocycles. The van der Waals surface area contributed by atoms with Crippen LogP contribution >= 0.6 is 11.6 Å². The van der Waals surface area contributed by atoms with Gasteiger partial charge in [-0.05, 0) is 26.0 Å². The third-order valence-corrected chi connectivity index (χ3v) is 3.85. The summed E-state index contributed by atoms with van der Waals surface area (Å²) in [5.74, 6) is -0.267. The molecule has 1 fully saturated rings. The molecule has 6 heteroatoms. The third kappa shape index (κ3) is 2.34. The highest BCUT2D eigenvalue weighted by Crippen LogP contribution is 2.25. The van der Waals surface area contributed by atoms with Crippen molar-refractivity contribution < 1.29 is 9.59 Å². The van der Waals surface area contributed by atoms with Gasteiger partial charge < -0.3 is 5.32 Å². The van der Waals surface area contributed by atoms with E-state index in [-0.39, 0.29) is 12.5 Å². The van der Waals surface area contributed by atoms with Crippen LogP contribution in [0.4, 0.5) is 4.79 Å². The number of pyridine rings is 1. The molecular formula is C15H14ClN3O2. The van der Waals surface area contributed by atoms with Crippen LogP contribution in [0.1, 0.15) is 19.4 Å². The van der Waals surface area contributed by atoms with Crippen molar-refractivity contribution in [2.24, 2.45) is 0 Å². The van der Waals surface area contributed by atoms with E-state index in [0.29, 0.717) is 10.7 Å². The van der Waals surface area contributed by atoms with Crippen LogP contribution in [0.15, 0.2) is 30.3 Å². The summed E-state index contributed by atoms with van der Waals surface area (Å²) in [5, 5.41) is 3.87. The zero-order valence-electron chi connectivity index (χ0n) is 11.7. The van der Waals surface area contributed by atoms with Gasteiger partial charge >= 0.3 is 6.03 Å². The number of nitrogens with one attached hydrogen (secondary N) is 1. The molecule has 1 N–H and O–H groups in total. The average Bonchev–Trinajstić information content (AvgIpc) is 2.61. The minimum Gasteiger partial charge on any atom is -0.324 e. The molecule has 0 bridgehead atoms. The summed E-state index contributed by atoms with van der Waals surface area (Å²) in [6.45, 7) is 3.46. The summed E-state index contributed by atoms with van der Waals surface area (Å²) in [4.78, 5) is 29.6. The topological polar surface area (TPSA) is 62.3 Å². The minimum absolute atomic E-state index is 0.116. The Kier molecular flexibility index (Phi) is 3.10. The fourth-order valence-electron chi connectivity index (χ4n) is 2.38. The molecule has 0 saturated carbocycles.